The number of halogens is 2. The summed E-state index contributed by atoms with van der Waals surface area (Å²) < 4.78 is 18.9. The largest absolute Gasteiger partial charge is 0.334 e. The normalized spacial score (nSPS) is 10.8. The molecule has 0 radical (unpaired) electrons. The number of nitrogens with zero attached hydrogens (tertiary/aromatic N) is 2. The van der Waals surface area contributed by atoms with Gasteiger partial charge in [-0.3, -0.25) is 0 Å². The fourth-order valence-electron chi connectivity index (χ4n) is 1.41. The molecule has 0 unspecified atom stereocenters. The third-order valence-electron chi connectivity index (χ3n) is 2.18. The molecule has 2 rings (SSSR count). The Hall–Kier alpha value is -1.27. The molecule has 0 aliphatic carbocycles. The Balaban J connectivity index is 2.24. The zero-order valence-corrected chi connectivity index (χ0v) is 10.6. The standard InChI is InChI=1S/C11H11BrFN3O/c12-8-4-7(5-9(13)6-8)11-15-10(16-17-11)2-1-3-14/h4-6H,1-3,14H2. The van der Waals surface area contributed by atoms with Gasteiger partial charge >= 0.3 is 0 Å². The number of benzene rings is 1. The molecule has 6 heteroatoms. The topological polar surface area (TPSA) is 64.9 Å². The van der Waals surface area contributed by atoms with Crippen molar-refractivity contribution in [2.24, 2.45) is 5.73 Å². The van der Waals surface area contributed by atoms with E-state index < -0.39 is 0 Å². The number of hydrogen-bond acceptors (Lipinski definition) is 4. The smallest absolute Gasteiger partial charge is 0.258 e. The summed E-state index contributed by atoms with van der Waals surface area (Å²) in [7, 11) is 0. The lowest BCUT2D eigenvalue weighted by molar-refractivity contribution is 0.421. The molecule has 0 aliphatic heterocycles. The van der Waals surface area contributed by atoms with Crippen LogP contribution < -0.4 is 5.73 Å². The number of rotatable bonds is 4. The third-order valence-corrected chi connectivity index (χ3v) is 2.64. The molecule has 1 aromatic carbocycles. The van der Waals surface area contributed by atoms with Gasteiger partial charge in [-0.15, -0.1) is 0 Å². The van der Waals surface area contributed by atoms with Crippen molar-refractivity contribution in [1.29, 1.82) is 0 Å². The summed E-state index contributed by atoms with van der Waals surface area (Å²) >= 11 is 3.21. The number of aromatic nitrogens is 2. The highest BCUT2D eigenvalue weighted by Gasteiger charge is 2.10. The lowest BCUT2D eigenvalue weighted by Crippen LogP contribution is -2.01. The fraction of sp³-hybridized carbons (Fsp3) is 0.273. The van der Waals surface area contributed by atoms with Gasteiger partial charge in [0.2, 0.25) is 0 Å². The minimum absolute atomic E-state index is 0.317. The molecule has 0 atom stereocenters. The molecule has 2 aromatic rings. The number of hydrogen-bond donors (Lipinski definition) is 1. The van der Waals surface area contributed by atoms with Gasteiger partial charge in [-0.1, -0.05) is 21.1 Å². The van der Waals surface area contributed by atoms with Crippen molar-refractivity contribution in [2.45, 2.75) is 12.8 Å². The predicted molar refractivity (Wildman–Crippen MR) is 64.8 cm³/mol. The first-order chi connectivity index (χ1) is 8.19. The molecule has 0 fully saturated rings. The van der Waals surface area contributed by atoms with Crippen molar-refractivity contribution >= 4 is 15.9 Å². The van der Waals surface area contributed by atoms with Crippen molar-refractivity contribution in [1.82, 2.24) is 10.1 Å². The van der Waals surface area contributed by atoms with E-state index in [1.807, 2.05) is 0 Å². The van der Waals surface area contributed by atoms with Gasteiger partial charge in [0.25, 0.3) is 5.89 Å². The van der Waals surface area contributed by atoms with Crippen molar-refractivity contribution in [3.05, 3.63) is 34.3 Å². The van der Waals surface area contributed by atoms with Gasteiger partial charge in [0.05, 0.1) is 0 Å². The van der Waals surface area contributed by atoms with E-state index in [0.29, 0.717) is 34.7 Å². The van der Waals surface area contributed by atoms with Crippen LogP contribution in [0.5, 0.6) is 0 Å². The van der Waals surface area contributed by atoms with Gasteiger partial charge in [-0.05, 0) is 31.2 Å². The van der Waals surface area contributed by atoms with E-state index in [9.17, 15) is 4.39 Å². The van der Waals surface area contributed by atoms with Gasteiger partial charge in [-0.25, -0.2) is 4.39 Å². The Morgan fingerprint density at radius 2 is 2.18 bits per heavy atom. The van der Waals surface area contributed by atoms with Gasteiger partial charge in [0.15, 0.2) is 5.82 Å². The molecular formula is C11H11BrFN3O. The second-order valence-electron chi connectivity index (χ2n) is 3.57. The lowest BCUT2D eigenvalue weighted by atomic mass is 10.2. The first-order valence-electron chi connectivity index (χ1n) is 5.18. The summed E-state index contributed by atoms with van der Waals surface area (Å²) in [6, 6.07) is 4.45. The van der Waals surface area contributed by atoms with E-state index in [0.717, 1.165) is 6.42 Å². The number of aryl methyl sites for hydroxylation is 1. The van der Waals surface area contributed by atoms with E-state index in [-0.39, 0.29) is 5.82 Å². The van der Waals surface area contributed by atoms with E-state index in [4.69, 9.17) is 10.3 Å². The molecule has 0 saturated heterocycles. The first kappa shape index (κ1) is 12.2. The minimum atomic E-state index is -0.351. The maximum absolute atomic E-state index is 13.2. The Morgan fingerprint density at radius 3 is 2.88 bits per heavy atom. The highest BCUT2D eigenvalue weighted by atomic mass is 79.9. The van der Waals surface area contributed by atoms with Crippen LogP contribution in [0.3, 0.4) is 0 Å². The molecule has 17 heavy (non-hydrogen) atoms. The quantitative estimate of drug-likeness (QED) is 0.942. The van der Waals surface area contributed by atoms with E-state index in [2.05, 4.69) is 26.1 Å². The van der Waals surface area contributed by atoms with Crippen LogP contribution >= 0.6 is 15.9 Å². The van der Waals surface area contributed by atoms with Crippen LogP contribution in [0.1, 0.15) is 12.2 Å². The van der Waals surface area contributed by atoms with E-state index in [1.165, 1.54) is 12.1 Å². The maximum Gasteiger partial charge on any atom is 0.258 e. The summed E-state index contributed by atoms with van der Waals surface area (Å²) in [6.07, 6.45) is 1.46. The molecule has 1 heterocycles. The minimum Gasteiger partial charge on any atom is -0.334 e. The maximum atomic E-state index is 13.2. The highest BCUT2D eigenvalue weighted by Crippen LogP contribution is 2.23. The zero-order chi connectivity index (χ0) is 12.3. The fourth-order valence-corrected chi connectivity index (χ4v) is 1.88. The molecule has 90 valence electrons. The van der Waals surface area contributed by atoms with Gasteiger partial charge in [0.1, 0.15) is 5.82 Å². The average molecular weight is 300 g/mol. The summed E-state index contributed by atoms with van der Waals surface area (Å²) in [6.45, 7) is 0.579. The Kier molecular flexibility index (Phi) is 3.86. The van der Waals surface area contributed by atoms with Gasteiger partial charge < -0.3 is 10.3 Å². The molecule has 0 amide bonds. The summed E-state index contributed by atoms with van der Waals surface area (Å²) in [4.78, 5) is 4.18. The van der Waals surface area contributed by atoms with Gasteiger partial charge in [0, 0.05) is 16.5 Å². The van der Waals surface area contributed by atoms with Crippen LogP contribution in [0.25, 0.3) is 11.5 Å². The molecule has 0 spiro atoms. The first-order valence-corrected chi connectivity index (χ1v) is 5.97. The third kappa shape index (κ3) is 3.10. The summed E-state index contributed by atoms with van der Waals surface area (Å²) in [5.74, 6) is 0.555. The molecule has 2 N–H and O–H groups in total. The second-order valence-corrected chi connectivity index (χ2v) is 4.48. The second kappa shape index (κ2) is 5.37. The predicted octanol–water partition coefficient (Wildman–Crippen LogP) is 2.53. The van der Waals surface area contributed by atoms with Crippen LogP contribution in [0.15, 0.2) is 27.2 Å². The van der Waals surface area contributed by atoms with Crippen molar-refractivity contribution in [2.75, 3.05) is 6.54 Å². The highest BCUT2D eigenvalue weighted by molar-refractivity contribution is 9.10. The Morgan fingerprint density at radius 1 is 1.35 bits per heavy atom. The van der Waals surface area contributed by atoms with Gasteiger partial charge in [-0.2, -0.15) is 4.98 Å². The molecular weight excluding hydrogens is 289 g/mol. The summed E-state index contributed by atoms with van der Waals surface area (Å²) in [5, 5.41) is 3.81. The molecule has 4 nitrogen and oxygen atoms in total. The SMILES string of the molecule is NCCCc1noc(-c2cc(F)cc(Br)c2)n1. The van der Waals surface area contributed by atoms with E-state index in [1.54, 1.807) is 6.07 Å². The Labute approximate surface area is 106 Å². The summed E-state index contributed by atoms with van der Waals surface area (Å²) in [5.41, 5.74) is 5.95. The molecule has 1 aromatic heterocycles. The van der Waals surface area contributed by atoms with Crippen LogP contribution in [0.2, 0.25) is 0 Å². The van der Waals surface area contributed by atoms with Crippen LogP contribution in [0, 0.1) is 5.82 Å². The van der Waals surface area contributed by atoms with E-state index >= 15 is 0 Å². The molecule has 0 aliphatic rings. The lowest BCUT2D eigenvalue weighted by Gasteiger charge is -1.96. The Bertz CT molecular complexity index is 495. The van der Waals surface area contributed by atoms with Crippen molar-refractivity contribution in [3.8, 4) is 11.5 Å². The van der Waals surface area contributed by atoms with Crippen molar-refractivity contribution in [3.63, 3.8) is 0 Å². The average Bonchev–Trinajstić information content (AvgIpc) is 2.73. The monoisotopic (exact) mass is 299 g/mol. The van der Waals surface area contributed by atoms with Crippen molar-refractivity contribution < 1.29 is 8.91 Å². The molecule has 0 bridgehead atoms. The zero-order valence-electron chi connectivity index (χ0n) is 8.99. The number of nitrogens with two attached hydrogens (primary N) is 1. The molecule has 0 saturated carbocycles. The van der Waals surface area contributed by atoms with Crippen LogP contribution in [-0.2, 0) is 6.42 Å². The van der Waals surface area contributed by atoms with Crippen LogP contribution in [0.4, 0.5) is 4.39 Å². The van der Waals surface area contributed by atoms with Crippen LogP contribution in [-0.4, -0.2) is 16.7 Å².